The number of cyclic esters (lactones) is 1. The molecule has 5 aromatic carbocycles. The monoisotopic (exact) mass is 988 g/mol. The van der Waals surface area contributed by atoms with Gasteiger partial charge in [0.25, 0.3) is 0 Å². The highest BCUT2D eigenvalue weighted by molar-refractivity contribution is 6.24. The first-order valence-corrected chi connectivity index (χ1v) is 25.2. The molecule has 0 unspecified atom stereocenters. The van der Waals surface area contributed by atoms with Gasteiger partial charge in [-0.15, -0.1) is 0 Å². The van der Waals surface area contributed by atoms with E-state index in [0.717, 1.165) is 41.8 Å². The first-order valence-electron chi connectivity index (χ1n) is 25.2. The van der Waals surface area contributed by atoms with Crippen molar-refractivity contribution in [3.05, 3.63) is 155 Å². The lowest BCUT2D eigenvalue weighted by Gasteiger charge is -2.46. The van der Waals surface area contributed by atoms with Crippen molar-refractivity contribution in [1.82, 2.24) is 4.90 Å². The second kappa shape index (κ2) is 21.6. The van der Waals surface area contributed by atoms with Gasteiger partial charge in [-0.1, -0.05) is 97.5 Å². The number of anilines is 3. The summed E-state index contributed by atoms with van der Waals surface area (Å²) in [6, 6.07) is 34.9. The SMILES string of the molecule is COCCOC(=O)N1C(=O)[C@@]2(c3cc(C#CC4(O)CCCCCC4)ccc31)[C@H](C(=O)Nc1ccc(N3CCOCC3)cc1)[C@H]1C(=O)O[C@H](c3ccccc3)[C@H](c3ccccc3)N1[C@@H]2c1cccc(OCCO)c1. The van der Waals surface area contributed by atoms with Gasteiger partial charge in [-0.2, -0.15) is 0 Å². The zero-order valence-corrected chi connectivity index (χ0v) is 40.8. The molecule has 5 aromatic rings. The minimum absolute atomic E-state index is 0.0345. The smallest absolute Gasteiger partial charge is 0.421 e. The van der Waals surface area contributed by atoms with E-state index in [1.165, 1.54) is 7.11 Å². The normalized spacial score (nSPS) is 24.4. The fourth-order valence-electron chi connectivity index (χ4n) is 11.6. The van der Waals surface area contributed by atoms with Crippen molar-refractivity contribution in [2.24, 2.45) is 5.92 Å². The van der Waals surface area contributed by atoms with Crippen molar-refractivity contribution in [3.63, 3.8) is 0 Å². The fraction of sp³-hybridized carbons (Fsp3) is 0.379. The van der Waals surface area contributed by atoms with Gasteiger partial charge in [0.1, 0.15) is 42.1 Å². The minimum Gasteiger partial charge on any atom is -0.491 e. The van der Waals surface area contributed by atoms with E-state index < -0.39 is 65.0 Å². The van der Waals surface area contributed by atoms with Crippen LogP contribution in [0.5, 0.6) is 5.75 Å². The Morgan fingerprint density at radius 3 is 2.18 bits per heavy atom. The van der Waals surface area contributed by atoms with Gasteiger partial charge in [-0.05, 0) is 103 Å². The predicted molar refractivity (Wildman–Crippen MR) is 272 cm³/mol. The van der Waals surface area contributed by atoms with Crippen molar-refractivity contribution in [1.29, 1.82) is 0 Å². The third kappa shape index (κ3) is 9.57. The van der Waals surface area contributed by atoms with Gasteiger partial charge in [0.15, 0.2) is 0 Å². The third-order valence-electron chi connectivity index (χ3n) is 14.9. The number of esters is 1. The molecule has 378 valence electrons. The minimum atomic E-state index is -2.11. The van der Waals surface area contributed by atoms with Crippen LogP contribution in [0.4, 0.5) is 21.9 Å². The highest BCUT2D eigenvalue weighted by atomic mass is 16.6. The first kappa shape index (κ1) is 49.5. The molecule has 15 heteroatoms. The number of aliphatic hydroxyl groups is 2. The molecule has 1 spiro atoms. The van der Waals surface area contributed by atoms with E-state index in [1.54, 1.807) is 48.5 Å². The van der Waals surface area contributed by atoms with E-state index >= 15 is 14.4 Å². The number of fused-ring (bicyclic) bond motifs is 3. The number of nitrogens with one attached hydrogen (secondary N) is 1. The van der Waals surface area contributed by atoms with E-state index in [9.17, 15) is 15.0 Å². The summed E-state index contributed by atoms with van der Waals surface area (Å²) in [5.74, 6) is 2.94. The quantitative estimate of drug-likeness (QED) is 0.0488. The lowest BCUT2D eigenvalue weighted by molar-refractivity contribution is -0.177. The average molecular weight is 989 g/mol. The number of benzene rings is 5. The molecule has 4 aliphatic heterocycles. The van der Waals surface area contributed by atoms with Crippen molar-refractivity contribution < 1.29 is 53.1 Å². The van der Waals surface area contributed by atoms with Crippen LogP contribution in [0.15, 0.2) is 127 Å². The molecule has 5 aliphatic rings. The molecule has 0 bridgehead atoms. The lowest BCUT2D eigenvalue weighted by Crippen LogP contribution is -2.54. The Bertz CT molecular complexity index is 2860. The number of hydrogen-bond donors (Lipinski definition) is 3. The number of rotatable bonds is 12. The van der Waals surface area contributed by atoms with Crippen molar-refractivity contribution in [3.8, 4) is 17.6 Å². The molecule has 1 aliphatic carbocycles. The van der Waals surface area contributed by atoms with Crippen LogP contribution in [-0.4, -0.2) is 110 Å². The van der Waals surface area contributed by atoms with Crippen LogP contribution in [0.25, 0.3) is 0 Å². The molecule has 4 heterocycles. The van der Waals surface area contributed by atoms with Crippen LogP contribution in [-0.2, 0) is 38.7 Å². The number of methoxy groups -OCH3 is 1. The molecule has 1 saturated carbocycles. The summed E-state index contributed by atoms with van der Waals surface area (Å²) < 4.78 is 29.2. The van der Waals surface area contributed by atoms with Crippen molar-refractivity contribution in [2.75, 3.05) is 75.0 Å². The van der Waals surface area contributed by atoms with Gasteiger partial charge >= 0.3 is 12.1 Å². The molecular formula is C58H60N4O11. The van der Waals surface area contributed by atoms with Crippen molar-refractivity contribution >= 4 is 40.9 Å². The molecule has 4 fully saturated rings. The maximum atomic E-state index is 16.6. The van der Waals surface area contributed by atoms with E-state index in [0.29, 0.717) is 67.3 Å². The molecular weight excluding hydrogens is 929 g/mol. The van der Waals surface area contributed by atoms with Crippen LogP contribution < -0.4 is 19.9 Å². The second-order valence-corrected chi connectivity index (χ2v) is 19.2. The van der Waals surface area contributed by atoms with Gasteiger partial charge < -0.3 is 44.1 Å². The molecule has 3 amide bonds. The number of carbonyl (C=O) groups is 4. The number of hydrogen-bond acceptors (Lipinski definition) is 13. The van der Waals surface area contributed by atoms with E-state index in [2.05, 4.69) is 22.1 Å². The van der Waals surface area contributed by atoms with Crippen LogP contribution in [0.1, 0.15) is 84.5 Å². The topological polar surface area (TPSA) is 177 Å². The number of morpholine rings is 2. The standard InChI is InChI=1S/C58H60N4O11/c1-69-35-36-72-56(67)61-47-24-19-39(25-28-57(68)26-10-2-3-11-27-57)37-46(47)58(55(61)66)48(53(64)59-43-20-22-44(23-21-43)60-29-32-70-33-30-60)50-54(65)73-51(41-15-8-5-9-16-41)49(40-13-6-4-7-14-40)62(50)52(58)42-17-12-18-45(38-42)71-34-31-63/h4-9,12-24,37-38,48-52,63,68H,2-3,10-11,26-27,29-36H2,1H3,(H,59,64)/t48-,49-,50-,51+,52+,58-/m0/s1. The third-order valence-corrected chi connectivity index (χ3v) is 14.9. The Labute approximate surface area is 424 Å². The molecule has 73 heavy (non-hydrogen) atoms. The molecule has 3 saturated heterocycles. The molecule has 3 N–H and O–H groups in total. The maximum Gasteiger partial charge on any atom is 0.421 e. The summed E-state index contributed by atoms with van der Waals surface area (Å²) in [5.41, 5.74) is 0.699. The summed E-state index contributed by atoms with van der Waals surface area (Å²) in [4.78, 5) is 68.0. The van der Waals surface area contributed by atoms with Crippen LogP contribution in [0, 0.1) is 17.8 Å². The highest BCUT2D eigenvalue weighted by Crippen LogP contribution is 2.66. The number of ether oxygens (including phenoxy) is 5. The summed E-state index contributed by atoms with van der Waals surface area (Å²) in [5, 5.41) is 24.8. The van der Waals surface area contributed by atoms with Crippen LogP contribution in [0.2, 0.25) is 0 Å². The van der Waals surface area contributed by atoms with Crippen LogP contribution in [0.3, 0.4) is 0 Å². The average Bonchev–Trinajstić information content (AvgIpc) is 3.76. The fourth-order valence-corrected chi connectivity index (χ4v) is 11.6. The predicted octanol–water partition coefficient (Wildman–Crippen LogP) is 7.42. The summed E-state index contributed by atoms with van der Waals surface area (Å²) in [6.45, 7) is 2.13. The van der Waals surface area contributed by atoms with E-state index in [4.69, 9.17) is 23.7 Å². The van der Waals surface area contributed by atoms with E-state index in [-0.39, 0.29) is 37.7 Å². The van der Waals surface area contributed by atoms with Gasteiger partial charge in [-0.3, -0.25) is 19.3 Å². The summed E-state index contributed by atoms with van der Waals surface area (Å²) >= 11 is 0. The van der Waals surface area contributed by atoms with E-state index in [1.807, 2.05) is 83.8 Å². The van der Waals surface area contributed by atoms with Gasteiger partial charge in [-0.25, -0.2) is 9.69 Å². The Morgan fingerprint density at radius 1 is 0.781 bits per heavy atom. The molecule has 15 nitrogen and oxygen atoms in total. The number of nitrogens with zero attached hydrogens (tertiary/aromatic N) is 3. The Kier molecular flexibility index (Phi) is 14.6. The molecule has 0 aromatic heterocycles. The molecule has 6 atom stereocenters. The number of imide groups is 1. The first-order chi connectivity index (χ1) is 35.6. The lowest BCUT2D eigenvalue weighted by atomic mass is 9.65. The highest BCUT2D eigenvalue weighted by Gasteiger charge is 2.76. The second-order valence-electron chi connectivity index (χ2n) is 19.2. The Hall–Kier alpha value is -7.06. The van der Waals surface area contributed by atoms with Gasteiger partial charge in [0.2, 0.25) is 11.8 Å². The Morgan fingerprint density at radius 2 is 1.48 bits per heavy atom. The molecule has 0 radical (unpaired) electrons. The molecule has 10 rings (SSSR count). The number of amides is 3. The zero-order valence-electron chi connectivity index (χ0n) is 40.8. The number of carbonyl (C=O) groups excluding carboxylic acids is 4. The van der Waals surface area contributed by atoms with Crippen molar-refractivity contribution in [2.45, 2.75) is 73.8 Å². The van der Waals surface area contributed by atoms with Gasteiger partial charge in [0.05, 0.1) is 50.1 Å². The Balaban J connectivity index is 1.24. The largest absolute Gasteiger partial charge is 0.491 e. The van der Waals surface area contributed by atoms with Crippen LogP contribution >= 0.6 is 0 Å². The summed E-state index contributed by atoms with van der Waals surface area (Å²) in [7, 11) is 1.47. The van der Waals surface area contributed by atoms with Gasteiger partial charge in [0, 0.05) is 37.1 Å². The zero-order chi connectivity index (χ0) is 50.5. The summed E-state index contributed by atoms with van der Waals surface area (Å²) in [6.07, 6.45) is 2.69. The maximum absolute atomic E-state index is 16.6. The number of aliphatic hydroxyl groups excluding tert-OH is 1.